The minimum Gasteiger partial charge on any atom is -0.497 e. The van der Waals surface area contributed by atoms with Crippen molar-refractivity contribution in [3.05, 3.63) is 58.9 Å². The zero-order valence-corrected chi connectivity index (χ0v) is 15.8. The highest BCUT2D eigenvalue weighted by molar-refractivity contribution is 5.94. The molecule has 8 heteroatoms. The molecule has 0 atom stereocenters. The van der Waals surface area contributed by atoms with Gasteiger partial charge in [0, 0.05) is 25.7 Å². The third-order valence-corrected chi connectivity index (χ3v) is 4.27. The molecule has 0 fully saturated rings. The molecule has 0 aromatic heterocycles. The highest BCUT2D eigenvalue weighted by Gasteiger charge is 2.13. The minimum atomic E-state index is -0.569. The highest BCUT2D eigenvalue weighted by atomic mass is 19.1. The highest BCUT2D eigenvalue weighted by Crippen LogP contribution is 2.22. The van der Waals surface area contributed by atoms with Gasteiger partial charge in [0.2, 0.25) is 0 Å². The number of hydrogen-bond acceptors (Lipinski definition) is 6. The topological polar surface area (TPSA) is 84.0 Å². The average molecular weight is 386 g/mol. The molecule has 0 bridgehead atoms. The van der Waals surface area contributed by atoms with Gasteiger partial charge in [0.25, 0.3) is 5.91 Å². The number of carbonyl (C=O) groups excluding carboxylic acids is 1. The lowest BCUT2D eigenvalue weighted by atomic mass is 10.1. The van der Waals surface area contributed by atoms with Gasteiger partial charge in [-0.05, 0) is 35.4 Å². The summed E-state index contributed by atoms with van der Waals surface area (Å²) in [5, 5.41) is 8.96. The zero-order chi connectivity index (χ0) is 19.9. The summed E-state index contributed by atoms with van der Waals surface area (Å²) in [6.07, 6.45) is 0. The Kier molecular flexibility index (Phi) is 6.31. The summed E-state index contributed by atoms with van der Waals surface area (Å²) < 4.78 is 24.6. The first-order valence-corrected chi connectivity index (χ1v) is 8.90. The summed E-state index contributed by atoms with van der Waals surface area (Å²) in [7, 11) is 3.11. The average Bonchev–Trinajstić information content (AvgIpc) is 3.24. The predicted octanol–water partition coefficient (Wildman–Crippen LogP) is 1.82. The fraction of sp³-hybridized carbons (Fsp3) is 0.300. The van der Waals surface area contributed by atoms with Crippen molar-refractivity contribution < 1.29 is 18.7 Å². The van der Waals surface area contributed by atoms with Crippen LogP contribution in [0.1, 0.15) is 21.5 Å². The number of nitrogens with zero attached hydrogens (tertiary/aromatic N) is 1. The van der Waals surface area contributed by atoms with Crippen LogP contribution in [0.5, 0.6) is 11.5 Å². The summed E-state index contributed by atoms with van der Waals surface area (Å²) in [6.45, 7) is 2.19. The number of rotatable bonds is 7. The van der Waals surface area contributed by atoms with E-state index in [1.165, 1.54) is 6.07 Å². The van der Waals surface area contributed by atoms with E-state index >= 15 is 0 Å². The molecule has 1 aliphatic heterocycles. The van der Waals surface area contributed by atoms with Crippen molar-refractivity contribution in [3.63, 3.8) is 0 Å². The molecular formula is C20H23FN4O3. The molecule has 3 N–H and O–H groups in total. The Bertz CT molecular complexity index is 863. The molecule has 0 saturated carbocycles. The van der Waals surface area contributed by atoms with Gasteiger partial charge in [-0.25, -0.2) is 4.39 Å². The molecule has 3 rings (SSSR count). The van der Waals surface area contributed by atoms with Gasteiger partial charge >= 0.3 is 0 Å². The lowest BCUT2D eigenvalue weighted by Crippen LogP contribution is -2.33. The lowest BCUT2D eigenvalue weighted by molar-refractivity contribution is 0.0946. The van der Waals surface area contributed by atoms with E-state index in [4.69, 9.17) is 9.47 Å². The van der Waals surface area contributed by atoms with Crippen molar-refractivity contribution in [1.29, 1.82) is 0 Å². The maximum absolute atomic E-state index is 14.2. The van der Waals surface area contributed by atoms with Crippen LogP contribution in [-0.2, 0) is 13.1 Å². The summed E-state index contributed by atoms with van der Waals surface area (Å²) >= 11 is 0. The largest absolute Gasteiger partial charge is 0.497 e. The van der Waals surface area contributed by atoms with Crippen LogP contribution < -0.4 is 25.4 Å². The molecule has 0 saturated heterocycles. The van der Waals surface area contributed by atoms with E-state index in [1.807, 2.05) is 0 Å². The zero-order valence-electron chi connectivity index (χ0n) is 15.8. The number of amides is 1. The second-order valence-corrected chi connectivity index (χ2v) is 6.23. The van der Waals surface area contributed by atoms with Crippen LogP contribution in [0, 0.1) is 5.82 Å². The van der Waals surface area contributed by atoms with Gasteiger partial charge in [-0.2, -0.15) is 0 Å². The molecule has 0 unspecified atom stereocenters. The SMILES string of the molecule is COc1cc(CNC(=O)c2cc(CNC3=NCCN3)ccc2F)cc(OC)c1. The van der Waals surface area contributed by atoms with Gasteiger partial charge in [0.15, 0.2) is 5.96 Å². The van der Waals surface area contributed by atoms with Crippen molar-refractivity contribution in [1.82, 2.24) is 16.0 Å². The number of hydrogen-bond donors (Lipinski definition) is 3. The van der Waals surface area contributed by atoms with Gasteiger partial charge in [0.05, 0.1) is 26.3 Å². The molecule has 2 aromatic carbocycles. The lowest BCUT2D eigenvalue weighted by Gasteiger charge is -2.11. The Morgan fingerprint density at radius 1 is 1.11 bits per heavy atom. The fourth-order valence-corrected chi connectivity index (χ4v) is 2.80. The summed E-state index contributed by atoms with van der Waals surface area (Å²) in [5.74, 6) is 0.887. The second-order valence-electron chi connectivity index (χ2n) is 6.23. The molecule has 7 nitrogen and oxygen atoms in total. The van der Waals surface area contributed by atoms with Crippen LogP contribution in [0.25, 0.3) is 0 Å². The van der Waals surface area contributed by atoms with Gasteiger partial charge in [-0.15, -0.1) is 0 Å². The van der Waals surface area contributed by atoms with Crippen LogP contribution in [0.2, 0.25) is 0 Å². The molecular weight excluding hydrogens is 363 g/mol. The molecule has 1 aliphatic rings. The van der Waals surface area contributed by atoms with E-state index < -0.39 is 11.7 Å². The Balaban J connectivity index is 1.65. The van der Waals surface area contributed by atoms with Crippen LogP contribution in [0.3, 0.4) is 0 Å². The number of nitrogens with one attached hydrogen (secondary N) is 3. The molecule has 0 radical (unpaired) electrons. The molecule has 2 aromatic rings. The Labute approximate surface area is 163 Å². The maximum atomic E-state index is 14.2. The van der Waals surface area contributed by atoms with E-state index in [2.05, 4.69) is 20.9 Å². The van der Waals surface area contributed by atoms with Crippen molar-refractivity contribution in [2.45, 2.75) is 13.1 Å². The summed E-state index contributed by atoms with van der Waals surface area (Å²) in [5.41, 5.74) is 1.56. The first-order valence-electron chi connectivity index (χ1n) is 8.90. The third kappa shape index (κ3) is 4.91. The monoisotopic (exact) mass is 386 g/mol. The fourth-order valence-electron chi connectivity index (χ4n) is 2.80. The number of carbonyl (C=O) groups is 1. The Hall–Kier alpha value is -3.29. The Morgan fingerprint density at radius 3 is 2.50 bits per heavy atom. The maximum Gasteiger partial charge on any atom is 0.254 e. The van der Waals surface area contributed by atoms with Crippen molar-refractivity contribution >= 4 is 11.9 Å². The third-order valence-electron chi connectivity index (χ3n) is 4.27. The smallest absolute Gasteiger partial charge is 0.254 e. The van der Waals surface area contributed by atoms with Gasteiger partial charge in [0.1, 0.15) is 17.3 Å². The molecule has 0 aliphatic carbocycles. The molecule has 1 amide bonds. The van der Waals surface area contributed by atoms with E-state index in [-0.39, 0.29) is 12.1 Å². The Morgan fingerprint density at radius 2 is 1.86 bits per heavy atom. The molecule has 0 spiro atoms. The summed E-state index contributed by atoms with van der Waals surface area (Å²) in [6, 6.07) is 9.79. The van der Waals surface area contributed by atoms with Crippen LogP contribution in [0.4, 0.5) is 4.39 Å². The first-order chi connectivity index (χ1) is 13.6. The van der Waals surface area contributed by atoms with Crippen LogP contribution in [0.15, 0.2) is 41.4 Å². The predicted molar refractivity (Wildman–Crippen MR) is 104 cm³/mol. The van der Waals surface area contributed by atoms with E-state index in [0.29, 0.717) is 24.0 Å². The van der Waals surface area contributed by atoms with E-state index in [0.717, 1.165) is 24.2 Å². The molecule has 1 heterocycles. The number of aliphatic imine (C=N–C) groups is 1. The molecule has 148 valence electrons. The van der Waals surface area contributed by atoms with E-state index in [9.17, 15) is 9.18 Å². The number of methoxy groups -OCH3 is 2. The molecule has 28 heavy (non-hydrogen) atoms. The van der Waals surface area contributed by atoms with E-state index in [1.54, 1.807) is 44.6 Å². The van der Waals surface area contributed by atoms with Gasteiger partial charge in [-0.1, -0.05) is 6.07 Å². The second kappa shape index (κ2) is 9.07. The number of benzene rings is 2. The van der Waals surface area contributed by atoms with Gasteiger partial charge < -0.3 is 25.4 Å². The van der Waals surface area contributed by atoms with Crippen LogP contribution in [-0.4, -0.2) is 39.2 Å². The van der Waals surface area contributed by atoms with Crippen LogP contribution >= 0.6 is 0 Å². The summed E-state index contributed by atoms with van der Waals surface area (Å²) in [4.78, 5) is 16.7. The van der Waals surface area contributed by atoms with Gasteiger partial charge in [-0.3, -0.25) is 9.79 Å². The standard InChI is InChI=1S/C20H23FN4O3/c1-27-15-7-14(8-16(10-15)28-2)12-24-19(26)17-9-13(3-4-18(17)21)11-25-20-22-5-6-23-20/h3-4,7-10H,5-6,11-12H2,1-2H3,(H,24,26)(H2,22,23,25). The first kappa shape index (κ1) is 19.5. The quantitative estimate of drug-likeness (QED) is 0.676. The number of guanidine groups is 1. The minimum absolute atomic E-state index is 0.00418. The number of halogens is 1. The number of ether oxygens (including phenoxy) is 2. The van der Waals surface area contributed by atoms with Crippen molar-refractivity contribution in [2.24, 2.45) is 4.99 Å². The van der Waals surface area contributed by atoms with Crippen molar-refractivity contribution in [3.8, 4) is 11.5 Å². The van der Waals surface area contributed by atoms with Crippen molar-refractivity contribution in [2.75, 3.05) is 27.3 Å². The normalized spacial score (nSPS) is 12.8.